The molecule has 1 aliphatic heterocycles. The maximum absolute atomic E-state index is 12.1. The first kappa shape index (κ1) is 15.2. The molecule has 0 aromatic carbocycles. The van der Waals surface area contributed by atoms with Crippen LogP contribution in [0.1, 0.15) is 40.0 Å². The minimum absolute atomic E-state index is 0.0760. The monoisotopic (exact) mass is 282 g/mol. The number of Topliss-reactive ketones (excluding diaryl/α,β-unsaturated/α-hetero) is 2. The van der Waals surface area contributed by atoms with Crippen molar-refractivity contribution in [2.24, 2.45) is 17.3 Å². The van der Waals surface area contributed by atoms with Crippen LogP contribution in [0.4, 0.5) is 0 Å². The lowest BCUT2D eigenvalue weighted by Crippen LogP contribution is -2.44. The third-order valence-electron chi connectivity index (χ3n) is 4.07. The Labute approximate surface area is 119 Å². The highest BCUT2D eigenvalue weighted by atomic mass is 16.6. The number of cyclic esters (lactones) is 1. The van der Waals surface area contributed by atoms with E-state index in [9.17, 15) is 14.4 Å². The van der Waals surface area contributed by atoms with Gasteiger partial charge in [0.25, 0.3) is 0 Å². The molecule has 1 saturated carbocycles. The van der Waals surface area contributed by atoms with Gasteiger partial charge in [0.2, 0.25) is 0 Å². The van der Waals surface area contributed by atoms with Crippen LogP contribution in [-0.2, 0) is 23.9 Å². The maximum Gasteiger partial charge on any atom is 0.320 e. The van der Waals surface area contributed by atoms with Gasteiger partial charge in [0, 0.05) is 18.9 Å². The van der Waals surface area contributed by atoms with Crippen molar-refractivity contribution < 1.29 is 23.9 Å². The number of hydrogen-bond donors (Lipinski definition) is 0. The number of hydrogen-bond acceptors (Lipinski definition) is 5. The Morgan fingerprint density at radius 1 is 1.30 bits per heavy atom. The highest BCUT2D eigenvalue weighted by molar-refractivity contribution is 6.14. The van der Waals surface area contributed by atoms with Gasteiger partial charge in [-0.1, -0.05) is 20.8 Å². The molecule has 20 heavy (non-hydrogen) atoms. The molecule has 1 aliphatic carbocycles. The van der Waals surface area contributed by atoms with E-state index in [-0.39, 0.29) is 36.4 Å². The second-order valence-corrected chi connectivity index (χ2v) is 6.42. The molecule has 1 heterocycles. The summed E-state index contributed by atoms with van der Waals surface area (Å²) in [5.74, 6) is -0.671. The Kier molecular flexibility index (Phi) is 4.28. The van der Waals surface area contributed by atoms with Gasteiger partial charge in [-0.15, -0.1) is 0 Å². The molecule has 5 heteroatoms. The third kappa shape index (κ3) is 2.77. The largest absolute Gasteiger partial charge is 0.459 e. The zero-order valence-corrected chi connectivity index (χ0v) is 12.3. The minimum atomic E-state index is -1.10. The van der Waals surface area contributed by atoms with Crippen LogP contribution in [0.3, 0.4) is 0 Å². The molecule has 112 valence electrons. The van der Waals surface area contributed by atoms with Crippen LogP contribution < -0.4 is 0 Å². The summed E-state index contributed by atoms with van der Waals surface area (Å²) >= 11 is 0. The van der Waals surface area contributed by atoms with Crippen molar-refractivity contribution in [1.29, 1.82) is 0 Å². The van der Waals surface area contributed by atoms with E-state index < -0.39 is 11.4 Å². The molecule has 1 spiro atoms. The average Bonchev–Trinajstić information content (AvgIpc) is 2.64. The first-order valence-corrected chi connectivity index (χ1v) is 7.20. The first-order valence-electron chi connectivity index (χ1n) is 7.20. The van der Waals surface area contributed by atoms with E-state index in [0.717, 1.165) is 0 Å². The summed E-state index contributed by atoms with van der Waals surface area (Å²) in [6.45, 7) is 6.78. The highest BCUT2D eigenvalue weighted by Gasteiger charge is 2.57. The standard InChI is InChI=1S/C15H22O5/c1-9(2)7-19-8-11-6-15(14(18)20-11)5-10(3)12(16)4-13(15)17/h9-11H,4-8H2,1-3H3/t10-,11+,15-/m0/s1. The third-order valence-corrected chi connectivity index (χ3v) is 4.07. The van der Waals surface area contributed by atoms with Crippen molar-refractivity contribution >= 4 is 17.5 Å². The van der Waals surface area contributed by atoms with Gasteiger partial charge in [0.1, 0.15) is 17.3 Å². The van der Waals surface area contributed by atoms with Crippen LogP contribution in [0, 0.1) is 17.3 Å². The quantitative estimate of drug-likeness (QED) is 0.577. The van der Waals surface area contributed by atoms with Gasteiger partial charge in [-0.2, -0.15) is 0 Å². The van der Waals surface area contributed by atoms with Crippen molar-refractivity contribution in [2.75, 3.05) is 13.2 Å². The fourth-order valence-electron chi connectivity index (χ4n) is 2.95. The van der Waals surface area contributed by atoms with E-state index in [4.69, 9.17) is 9.47 Å². The summed E-state index contributed by atoms with van der Waals surface area (Å²) in [7, 11) is 0. The van der Waals surface area contributed by atoms with Gasteiger partial charge in [-0.3, -0.25) is 14.4 Å². The second kappa shape index (κ2) is 5.64. The van der Waals surface area contributed by atoms with Crippen LogP contribution in [0.5, 0.6) is 0 Å². The topological polar surface area (TPSA) is 69.7 Å². The SMILES string of the molecule is CC(C)COC[C@H]1C[C@]2(C[C@H](C)C(=O)CC2=O)C(=O)O1. The fraction of sp³-hybridized carbons (Fsp3) is 0.800. The first-order chi connectivity index (χ1) is 9.35. The number of ether oxygens (including phenoxy) is 2. The van der Waals surface area contributed by atoms with Gasteiger partial charge in [-0.05, 0) is 12.3 Å². The van der Waals surface area contributed by atoms with Gasteiger partial charge in [-0.25, -0.2) is 0 Å². The zero-order valence-electron chi connectivity index (χ0n) is 12.3. The molecule has 0 radical (unpaired) electrons. The smallest absolute Gasteiger partial charge is 0.320 e. The number of ketones is 2. The molecule has 0 unspecified atom stereocenters. The van der Waals surface area contributed by atoms with E-state index in [1.54, 1.807) is 6.92 Å². The summed E-state index contributed by atoms with van der Waals surface area (Å²) < 4.78 is 10.8. The molecule has 5 nitrogen and oxygen atoms in total. The van der Waals surface area contributed by atoms with Crippen LogP contribution in [-0.4, -0.2) is 36.9 Å². The maximum atomic E-state index is 12.1. The predicted molar refractivity (Wildman–Crippen MR) is 71.0 cm³/mol. The fourth-order valence-corrected chi connectivity index (χ4v) is 2.95. The predicted octanol–water partition coefficient (Wildman–Crippen LogP) is 1.53. The van der Waals surface area contributed by atoms with Crippen LogP contribution in [0.15, 0.2) is 0 Å². The molecule has 0 aromatic rings. The van der Waals surface area contributed by atoms with E-state index >= 15 is 0 Å². The molecule has 0 bridgehead atoms. The Hall–Kier alpha value is -1.23. The van der Waals surface area contributed by atoms with E-state index in [0.29, 0.717) is 25.6 Å². The van der Waals surface area contributed by atoms with Crippen molar-refractivity contribution in [1.82, 2.24) is 0 Å². The molecule has 2 fully saturated rings. The molecule has 2 aliphatic rings. The Morgan fingerprint density at radius 3 is 2.65 bits per heavy atom. The number of esters is 1. The molecule has 1 saturated heterocycles. The molecule has 0 N–H and O–H groups in total. The summed E-state index contributed by atoms with van der Waals surface area (Å²) in [5.41, 5.74) is -1.10. The minimum Gasteiger partial charge on any atom is -0.459 e. The van der Waals surface area contributed by atoms with E-state index in [1.807, 2.05) is 13.8 Å². The highest BCUT2D eigenvalue weighted by Crippen LogP contribution is 2.44. The lowest BCUT2D eigenvalue weighted by molar-refractivity contribution is -0.157. The molecule has 2 rings (SSSR count). The summed E-state index contributed by atoms with van der Waals surface area (Å²) in [4.78, 5) is 35.8. The van der Waals surface area contributed by atoms with E-state index in [1.165, 1.54) is 0 Å². The molecule has 0 amide bonds. The normalized spacial score (nSPS) is 34.1. The Bertz CT molecular complexity index is 428. The number of rotatable bonds is 4. The zero-order chi connectivity index (χ0) is 14.9. The lowest BCUT2D eigenvalue weighted by atomic mass is 9.67. The Morgan fingerprint density at radius 2 is 2.00 bits per heavy atom. The van der Waals surface area contributed by atoms with Crippen molar-refractivity contribution in [3.05, 3.63) is 0 Å². The Balaban J connectivity index is 2.01. The van der Waals surface area contributed by atoms with Crippen LogP contribution in [0.2, 0.25) is 0 Å². The second-order valence-electron chi connectivity index (χ2n) is 6.42. The van der Waals surface area contributed by atoms with E-state index in [2.05, 4.69) is 0 Å². The lowest BCUT2D eigenvalue weighted by Gasteiger charge is -2.30. The van der Waals surface area contributed by atoms with Crippen molar-refractivity contribution in [2.45, 2.75) is 46.1 Å². The van der Waals surface area contributed by atoms with Crippen molar-refractivity contribution in [3.63, 3.8) is 0 Å². The average molecular weight is 282 g/mol. The molecular weight excluding hydrogens is 260 g/mol. The number of carbonyl (C=O) groups is 3. The summed E-state index contributed by atoms with van der Waals surface area (Å²) in [6, 6.07) is 0. The van der Waals surface area contributed by atoms with Crippen molar-refractivity contribution in [3.8, 4) is 0 Å². The van der Waals surface area contributed by atoms with Gasteiger partial charge < -0.3 is 9.47 Å². The summed E-state index contributed by atoms with van der Waals surface area (Å²) in [5, 5.41) is 0. The van der Waals surface area contributed by atoms with Crippen LogP contribution >= 0.6 is 0 Å². The van der Waals surface area contributed by atoms with Gasteiger partial charge in [0.05, 0.1) is 13.0 Å². The summed E-state index contributed by atoms with van der Waals surface area (Å²) in [6.07, 6.45) is 0.117. The molecule has 0 aromatic heterocycles. The van der Waals surface area contributed by atoms with Gasteiger partial charge >= 0.3 is 5.97 Å². The van der Waals surface area contributed by atoms with Crippen LogP contribution in [0.25, 0.3) is 0 Å². The molecular formula is C15H22O5. The molecule has 3 atom stereocenters. The van der Waals surface area contributed by atoms with Gasteiger partial charge in [0.15, 0.2) is 5.78 Å². The number of carbonyl (C=O) groups excluding carboxylic acids is 3.